The zero-order valence-corrected chi connectivity index (χ0v) is 24.2. The summed E-state index contributed by atoms with van der Waals surface area (Å²) >= 11 is 3.62. The van der Waals surface area contributed by atoms with Crippen molar-refractivity contribution in [2.45, 2.75) is 87.7 Å². The van der Waals surface area contributed by atoms with E-state index in [1.54, 1.807) is 30.9 Å². The Hall–Kier alpha value is -2.24. The highest BCUT2D eigenvalue weighted by Crippen LogP contribution is 2.60. The number of allylic oxidation sites excluding steroid dienone is 1. The molecular weight excluding hydrogens is 558 g/mol. The first-order valence-electron chi connectivity index (χ1n) is 13.2. The van der Waals surface area contributed by atoms with Crippen molar-refractivity contribution >= 4 is 39.6 Å². The molecule has 0 radical (unpaired) electrons. The first-order chi connectivity index (χ1) is 17.9. The zero-order valence-electron chi connectivity index (χ0n) is 22.6. The number of ether oxygens (including phenoxy) is 2. The number of hydrogen-bond donors (Lipinski definition) is 2. The monoisotopic (exact) mass is 597 g/mol. The van der Waals surface area contributed by atoms with E-state index in [9.17, 15) is 24.3 Å². The number of nitrogens with zero attached hydrogens (tertiary/aromatic N) is 2. The number of carbonyl (C=O) groups is 4. The Morgan fingerprint density at radius 3 is 2.55 bits per heavy atom. The minimum absolute atomic E-state index is 0.126. The fourth-order valence-corrected chi connectivity index (χ4v) is 6.87. The van der Waals surface area contributed by atoms with Crippen LogP contribution >= 0.6 is 15.9 Å². The third kappa shape index (κ3) is 5.42. The maximum absolute atomic E-state index is 14.0. The van der Waals surface area contributed by atoms with Gasteiger partial charge >= 0.3 is 5.97 Å². The molecule has 3 heterocycles. The molecule has 3 aliphatic rings. The van der Waals surface area contributed by atoms with Gasteiger partial charge in [-0.05, 0) is 40.5 Å². The van der Waals surface area contributed by atoms with Gasteiger partial charge < -0.3 is 29.7 Å². The van der Waals surface area contributed by atoms with Crippen molar-refractivity contribution < 1.29 is 33.8 Å². The van der Waals surface area contributed by atoms with E-state index in [0.717, 1.165) is 0 Å². The van der Waals surface area contributed by atoms with Crippen molar-refractivity contribution in [3.05, 3.63) is 25.3 Å². The van der Waals surface area contributed by atoms with E-state index >= 15 is 0 Å². The van der Waals surface area contributed by atoms with Crippen molar-refractivity contribution in [2.75, 3.05) is 19.7 Å². The first kappa shape index (κ1) is 30.3. The molecule has 38 heavy (non-hydrogen) atoms. The number of aliphatic hydroxyl groups is 1. The largest absolute Gasteiger partial charge is 0.460 e. The van der Waals surface area contributed by atoms with E-state index in [2.05, 4.69) is 34.4 Å². The van der Waals surface area contributed by atoms with Gasteiger partial charge in [0.1, 0.15) is 17.7 Å². The number of alkyl halides is 1. The molecule has 10 nitrogen and oxygen atoms in total. The zero-order chi connectivity index (χ0) is 28.4. The van der Waals surface area contributed by atoms with Gasteiger partial charge in [-0.2, -0.15) is 0 Å². The van der Waals surface area contributed by atoms with Crippen molar-refractivity contribution in [3.63, 3.8) is 0 Å². The Morgan fingerprint density at radius 1 is 1.29 bits per heavy atom. The van der Waals surface area contributed by atoms with Gasteiger partial charge in [-0.15, -0.1) is 13.2 Å². The number of carbonyl (C=O) groups excluding carboxylic acids is 4. The van der Waals surface area contributed by atoms with Gasteiger partial charge in [-0.3, -0.25) is 19.2 Å². The molecule has 8 atom stereocenters. The Balaban J connectivity index is 1.89. The van der Waals surface area contributed by atoms with Gasteiger partial charge in [-0.1, -0.05) is 28.1 Å². The third-order valence-electron chi connectivity index (χ3n) is 7.68. The quantitative estimate of drug-likeness (QED) is 0.187. The molecule has 2 N–H and O–H groups in total. The van der Waals surface area contributed by atoms with Gasteiger partial charge in [0.2, 0.25) is 17.7 Å². The van der Waals surface area contributed by atoms with Crippen molar-refractivity contribution in [3.8, 4) is 0 Å². The molecule has 0 aromatic heterocycles. The minimum atomic E-state index is -1.24. The topological polar surface area (TPSA) is 125 Å². The van der Waals surface area contributed by atoms with Crippen LogP contribution in [0.3, 0.4) is 0 Å². The lowest BCUT2D eigenvalue weighted by molar-refractivity contribution is -0.160. The Kier molecular flexibility index (Phi) is 9.81. The molecule has 3 aliphatic heterocycles. The minimum Gasteiger partial charge on any atom is -0.460 e. The third-order valence-corrected chi connectivity index (χ3v) is 8.53. The molecule has 0 aromatic carbocycles. The summed E-state index contributed by atoms with van der Waals surface area (Å²) in [5.74, 6) is -3.35. The lowest BCUT2D eigenvalue weighted by Crippen LogP contribution is -2.59. The Bertz CT molecular complexity index is 959. The number of fused-ring (bicyclic) bond motifs is 1. The van der Waals surface area contributed by atoms with Crippen LogP contribution in [0.1, 0.15) is 47.0 Å². The predicted octanol–water partition coefficient (Wildman–Crippen LogP) is 1.55. The summed E-state index contributed by atoms with van der Waals surface area (Å²) in [6.07, 6.45) is 3.19. The fraction of sp³-hybridized carbons (Fsp3) is 0.704. The van der Waals surface area contributed by atoms with Crippen molar-refractivity contribution in [1.29, 1.82) is 0 Å². The summed E-state index contributed by atoms with van der Waals surface area (Å²) in [7, 11) is 0. The molecule has 3 fully saturated rings. The second-order valence-corrected chi connectivity index (χ2v) is 11.9. The van der Waals surface area contributed by atoms with E-state index in [1.807, 2.05) is 13.8 Å². The second kappa shape index (κ2) is 12.3. The van der Waals surface area contributed by atoms with Crippen LogP contribution in [-0.4, -0.2) is 99.1 Å². The molecule has 3 saturated heterocycles. The fourth-order valence-electron chi connectivity index (χ4n) is 5.93. The van der Waals surface area contributed by atoms with Crippen LogP contribution in [-0.2, 0) is 28.7 Å². The van der Waals surface area contributed by atoms with Gasteiger partial charge in [0.05, 0.1) is 37.1 Å². The van der Waals surface area contributed by atoms with Crippen LogP contribution in [0.25, 0.3) is 0 Å². The maximum Gasteiger partial charge on any atom is 0.312 e. The first-order valence-corrected chi connectivity index (χ1v) is 14.1. The normalized spacial score (nSPS) is 31.1. The Morgan fingerprint density at radius 2 is 1.97 bits per heavy atom. The van der Waals surface area contributed by atoms with E-state index in [4.69, 9.17) is 9.47 Å². The van der Waals surface area contributed by atoms with Gasteiger partial charge in [-0.25, -0.2) is 0 Å². The van der Waals surface area contributed by atoms with Crippen molar-refractivity contribution in [1.82, 2.24) is 15.1 Å². The van der Waals surface area contributed by atoms with Crippen LogP contribution in [0.5, 0.6) is 0 Å². The number of aliphatic hydroxyl groups excluding tert-OH is 1. The second-order valence-electron chi connectivity index (χ2n) is 10.7. The molecule has 1 spiro atoms. The summed E-state index contributed by atoms with van der Waals surface area (Å²) in [6.45, 7) is 14.5. The lowest BCUT2D eigenvalue weighted by atomic mass is 9.70. The smallest absolute Gasteiger partial charge is 0.312 e. The molecule has 3 amide bonds. The standard InChI is InChI=1S/C27H40BrN3O7/c1-7-9-10-19(33)29-13-17(6)37-26(36)20-21-24(34)31(16(5)14-32)23(25(35)30(11-8-2)15(3)4)27(21)12-18(28)22(20)38-27/h7-8,15-18,20-23,32H,1-2,9-14H2,3-6H3,(H,29,33)/t16-,17-,18?,20-,21+,22-,23-,27+/m1/s1. The predicted molar refractivity (Wildman–Crippen MR) is 144 cm³/mol. The molecular formula is C27H40BrN3O7. The van der Waals surface area contributed by atoms with E-state index in [0.29, 0.717) is 19.3 Å². The average Bonchev–Trinajstić information content (AvgIpc) is 3.46. The summed E-state index contributed by atoms with van der Waals surface area (Å²) in [5.41, 5.74) is -1.24. The van der Waals surface area contributed by atoms with Crippen LogP contribution in [0.15, 0.2) is 25.3 Å². The van der Waals surface area contributed by atoms with Gasteiger partial charge in [0, 0.05) is 23.8 Å². The average molecular weight is 599 g/mol. The number of hydrogen-bond acceptors (Lipinski definition) is 7. The molecule has 0 aliphatic carbocycles. The van der Waals surface area contributed by atoms with Gasteiger partial charge in [0.15, 0.2) is 0 Å². The summed E-state index contributed by atoms with van der Waals surface area (Å²) in [6, 6.07) is -1.83. The maximum atomic E-state index is 14.0. The summed E-state index contributed by atoms with van der Waals surface area (Å²) in [4.78, 5) is 56.1. The number of halogens is 1. The van der Waals surface area contributed by atoms with Crippen LogP contribution < -0.4 is 5.32 Å². The molecule has 1 unspecified atom stereocenters. The molecule has 0 aromatic rings. The lowest BCUT2D eigenvalue weighted by Gasteiger charge is -2.39. The number of amides is 3. The van der Waals surface area contributed by atoms with Crippen LogP contribution in [0.4, 0.5) is 0 Å². The van der Waals surface area contributed by atoms with E-state index in [-0.39, 0.29) is 42.4 Å². The highest BCUT2D eigenvalue weighted by molar-refractivity contribution is 9.09. The molecule has 212 valence electrons. The number of rotatable bonds is 13. The van der Waals surface area contributed by atoms with E-state index in [1.165, 1.54) is 4.90 Å². The molecule has 2 bridgehead atoms. The van der Waals surface area contributed by atoms with Crippen LogP contribution in [0.2, 0.25) is 0 Å². The highest BCUT2D eigenvalue weighted by Gasteiger charge is 2.77. The van der Waals surface area contributed by atoms with Crippen LogP contribution in [0, 0.1) is 11.8 Å². The SMILES string of the molecule is C=CCCC(=O)NC[C@@H](C)OC(=O)[C@H]1[C@@H]2O[C@@]3(CC2Br)[C@@H]1C(=O)N([C@H](C)CO)[C@@H]3C(=O)N(CC=C)C(C)C. The summed E-state index contributed by atoms with van der Waals surface area (Å²) < 4.78 is 12.1. The number of nitrogens with one attached hydrogen (secondary N) is 1. The molecule has 11 heteroatoms. The van der Waals surface area contributed by atoms with Gasteiger partial charge in [0.25, 0.3) is 0 Å². The number of esters is 1. The highest BCUT2D eigenvalue weighted by atomic mass is 79.9. The summed E-state index contributed by atoms with van der Waals surface area (Å²) in [5, 5.41) is 12.7. The molecule has 3 rings (SSSR count). The molecule has 0 saturated carbocycles. The van der Waals surface area contributed by atoms with E-state index < -0.39 is 53.6 Å². The van der Waals surface area contributed by atoms with Crippen molar-refractivity contribution in [2.24, 2.45) is 11.8 Å². The number of likely N-dealkylation sites (tertiary alicyclic amines) is 1. The Labute approximate surface area is 232 Å².